The third kappa shape index (κ3) is 7.42. The Morgan fingerprint density at radius 1 is 0.532 bits per heavy atom. The molecule has 0 bridgehead atoms. The topological polar surface area (TPSA) is 33.5 Å². The molecular weight excluding hydrogens is 757 g/mol. The number of fused-ring (bicyclic) bond motifs is 4. The van der Waals surface area contributed by atoms with E-state index < -0.39 is 0 Å². The summed E-state index contributed by atoms with van der Waals surface area (Å²) in [5.74, 6) is 2.49. The van der Waals surface area contributed by atoms with Crippen LogP contribution in [0.4, 0.5) is 22.7 Å². The molecule has 0 radical (unpaired) electrons. The van der Waals surface area contributed by atoms with Crippen LogP contribution in [0.15, 0.2) is 134 Å². The van der Waals surface area contributed by atoms with E-state index in [1.165, 1.54) is 72.3 Å². The molecule has 2 aromatic heterocycles. The molecule has 62 heavy (non-hydrogen) atoms. The van der Waals surface area contributed by atoms with Gasteiger partial charge in [-0.1, -0.05) is 122 Å². The van der Waals surface area contributed by atoms with Crippen molar-refractivity contribution in [2.45, 2.75) is 99.3 Å². The number of para-hydroxylation sites is 1. The Balaban J connectivity index is 1.17. The summed E-state index contributed by atoms with van der Waals surface area (Å²) in [6, 6.07) is 46.7. The Labute approximate surface area is 368 Å². The highest BCUT2D eigenvalue weighted by Gasteiger charge is 2.31. The molecular formula is C57H60N4O. The molecule has 0 saturated heterocycles. The van der Waals surface area contributed by atoms with Gasteiger partial charge >= 0.3 is 0 Å². The van der Waals surface area contributed by atoms with Crippen molar-refractivity contribution >= 4 is 44.6 Å². The number of hydrogen-bond donors (Lipinski definition) is 0. The quantitative estimate of drug-likeness (QED) is 0.167. The van der Waals surface area contributed by atoms with E-state index in [-0.39, 0.29) is 16.2 Å². The van der Waals surface area contributed by atoms with Crippen LogP contribution in [0.5, 0.6) is 11.5 Å². The third-order valence-electron chi connectivity index (χ3n) is 12.6. The highest BCUT2D eigenvalue weighted by molar-refractivity contribution is 6.11. The normalized spacial score (nSPS) is 13.4. The van der Waals surface area contributed by atoms with E-state index >= 15 is 0 Å². The van der Waals surface area contributed by atoms with Crippen molar-refractivity contribution in [1.29, 1.82) is 0 Å². The molecule has 0 amide bonds. The predicted molar refractivity (Wildman–Crippen MR) is 263 cm³/mol. The van der Waals surface area contributed by atoms with E-state index in [2.05, 4.69) is 225 Å². The lowest BCUT2D eigenvalue weighted by Gasteiger charge is -2.25. The SMILES string of the molecule is Cc1cc(C)c(-c2ccc3c(c2)N(c2cccc(Oc4cc(C(C)(C)C)c5c6ccccc6n(-c6cc(C(C)(C)C)ccn6)c5c4)c2)CN3c2cccc(C(C)(C)C)c2)c(C)c1. The van der Waals surface area contributed by atoms with Gasteiger partial charge in [-0.25, -0.2) is 4.98 Å². The van der Waals surface area contributed by atoms with Crippen molar-refractivity contribution in [2.24, 2.45) is 0 Å². The van der Waals surface area contributed by atoms with Crippen LogP contribution in [-0.4, -0.2) is 16.2 Å². The Bertz CT molecular complexity index is 3000. The van der Waals surface area contributed by atoms with Gasteiger partial charge in [0.1, 0.15) is 24.0 Å². The zero-order valence-corrected chi connectivity index (χ0v) is 38.6. The molecule has 6 aromatic carbocycles. The monoisotopic (exact) mass is 816 g/mol. The fraction of sp³-hybridized carbons (Fsp3) is 0.281. The second-order valence-corrected chi connectivity index (χ2v) is 20.5. The summed E-state index contributed by atoms with van der Waals surface area (Å²) >= 11 is 0. The molecule has 0 atom stereocenters. The lowest BCUT2D eigenvalue weighted by molar-refractivity contribution is 0.480. The van der Waals surface area contributed by atoms with Crippen molar-refractivity contribution < 1.29 is 4.74 Å². The zero-order valence-electron chi connectivity index (χ0n) is 38.6. The summed E-state index contributed by atoms with van der Waals surface area (Å²) in [5.41, 5.74) is 16.9. The standard InChI is InChI=1S/C57H60N4O/c1-36-27-37(2)53(38(3)28-36)39-23-24-49-50(29-39)60(35-59(49)42-18-15-17-40(30-42)55(4,5)6)43-19-16-20-44(32-43)62-45-33-47(57(10,11)12)54-46-21-13-14-22-48(46)61(51(54)34-45)52-31-41(25-26-58-52)56(7,8)9/h13-34H,35H2,1-12H3. The van der Waals surface area contributed by atoms with E-state index in [1.807, 2.05) is 6.20 Å². The van der Waals surface area contributed by atoms with Crippen molar-refractivity contribution in [3.63, 3.8) is 0 Å². The van der Waals surface area contributed by atoms with Crippen LogP contribution >= 0.6 is 0 Å². The summed E-state index contributed by atoms with van der Waals surface area (Å²) in [4.78, 5) is 9.85. The first-order valence-electron chi connectivity index (χ1n) is 22.1. The number of nitrogens with zero attached hydrogens (tertiary/aromatic N) is 4. The fourth-order valence-corrected chi connectivity index (χ4v) is 9.46. The van der Waals surface area contributed by atoms with Gasteiger partial charge in [0.05, 0.1) is 22.4 Å². The first kappa shape index (κ1) is 41.0. The maximum Gasteiger partial charge on any atom is 0.137 e. The first-order chi connectivity index (χ1) is 29.3. The fourth-order valence-electron chi connectivity index (χ4n) is 9.46. The Morgan fingerprint density at radius 2 is 1.19 bits per heavy atom. The predicted octanol–water partition coefficient (Wildman–Crippen LogP) is 15.7. The number of pyridine rings is 1. The first-order valence-corrected chi connectivity index (χ1v) is 22.1. The minimum Gasteiger partial charge on any atom is -0.457 e. The number of rotatable bonds is 6. The highest BCUT2D eigenvalue weighted by Crippen LogP contribution is 2.48. The number of hydrogen-bond acceptors (Lipinski definition) is 4. The maximum atomic E-state index is 7.00. The molecule has 1 aliphatic rings. The Morgan fingerprint density at radius 3 is 1.90 bits per heavy atom. The molecule has 8 aromatic rings. The molecule has 0 unspecified atom stereocenters. The zero-order chi connectivity index (χ0) is 43.9. The number of benzene rings is 6. The van der Waals surface area contributed by atoms with Crippen LogP contribution in [0.2, 0.25) is 0 Å². The second kappa shape index (κ2) is 14.9. The highest BCUT2D eigenvalue weighted by atomic mass is 16.5. The molecule has 3 heterocycles. The Kier molecular flexibility index (Phi) is 9.89. The van der Waals surface area contributed by atoms with Gasteiger partial charge in [-0.05, 0) is 137 Å². The van der Waals surface area contributed by atoms with Crippen LogP contribution in [-0.2, 0) is 16.2 Å². The van der Waals surface area contributed by atoms with Crippen molar-refractivity contribution in [1.82, 2.24) is 9.55 Å². The summed E-state index contributed by atoms with van der Waals surface area (Å²) in [7, 11) is 0. The molecule has 0 fully saturated rings. The minimum absolute atomic E-state index is 0.0181. The minimum atomic E-state index is -0.159. The lowest BCUT2D eigenvalue weighted by Crippen LogP contribution is -2.24. The molecule has 314 valence electrons. The summed E-state index contributed by atoms with van der Waals surface area (Å²) < 4.78 is 9.32. The van der Waals surface area contributed by atoms with E-state index in [0.717, 1.165) is 34.0 Å². The molecule has 9 rings (SSSR count). The van der Waals surface area contributed by atoms with Crippen LogP contribution in [0, 0.1) is 20.8 Å². The molecule has 5 heteroatoms. The second-order valence-electron chi connectivity index (χ2n) is 20.5. The number of anilines is 4. The summed E-state index contributed by atoms with van der Waals surface area (Å²) in [5, 5.41) is 2.45. The van der Waals surface area contributed by atoms with Gasteiger partial charge in [0, 0.05) is 40.5 Å². The Hall–Kier alpha value is -6.33. The number of aryl methyl sites for hydroxylation is 3. The summed E-state index contributed by atoms with van der Waals surface area (Å²) in [6.07, 6.45) is 1.94. The lowest BCUT2D eigenvalue weighted by atomic mass is 9.84. The van der Waals surface area contributed by atoms with Crippen molar-refractivity contribution in [2.75, 3.05) is 16.5 Å². The van der Waals surface area contributed by atoms with E-state index in [4.69, 9.17) is 9.72 Å². The maximum absolute atomic E-state index is 7.00. The van der Waals surface area contributed by atoms with Gasteiger partial charge in [-0.15, -0.1) is 0 Å². The van der Waals surface area contributed by atoms with Crippen LogP contribution in [0.1, 0.15) is 95.7 Å². The molecule has 1 aliphatic heterocycles. The molecule has 0 N–H and O–H groups in total. The van der Waals surface area contributed by atoms with Crippen LogP contribution in [0.25, 0.3) is 38.8 Å². The van der Waals surface area contributed by atoms with Gasteiger partial charge in [-0.2, -0.15) is 0 Å². The average molecular weight is 817 g/mol. The smallest absolute Gasteiger partial charge is 0.137 e. The van der Waals surface area contributed by atoms with Gasteiger partial charge in [0.25, 0.3) is 0 Å². The van der Waals surface area contributed by atoms with Crippen LogP contribution < -0.4 is 14.5 Å². The van der Waals surface area contributed by atoms with Gasteiger partial charge < -0.3 is 14.5 Å². The van der Waals surface area contributed by atoms with Gasteiger partial charge in [0.15, 0.2) is 0 Å². The van der Waals surface area contributed by atoms with Gasteiger partial charge in [0.2, 0.25) is 0 Å². The van der Waals surface area contributed by atoms with Crippen molar-refractivity contribution in [3.8, 4) is 28.4 Å². The van der Waals surface area contributed by atoms with E-state index in [9.17, 15) is 0 Å². The molecule has 0 saturated carbocycles. The van der Waals surface area contributed by atoms with E-state index in [1.54, 1.807) is 0 Å². The van der Waals surface area contributed by atoms with Crippen molar-refractivity contribution in [3.05, 3.63) is 167 Å². The summed E-state index contributed by atoms with van der Waals surface area (Å²) in [6.45, 7) is 27.8. The largest absolute Gasteiger partial charge is 0.457 e. The third-order valence-corrected chi connectivity index (χ3v) is 12.6. The molecule has 5 nitrogen and oxygen atoms in total. The number of aromatic nitrogens is 2. The molecule has 0 spiro atoms. The number of ether oxygens (including phenoxy) is 1. The molecule has 0 aliphatic carbocycles. The van der Waals surface area contributed by atoms with E-state index in [0.29, 0.717) is 6.67 Å². The van der Waals surface area contributed by atoms with Crippen LogP contribution in [0.3, 0.4) is 0 Å². The van der Waals surface area contributed by atoms with Gasteiger partial charge in [-0.3, -0.25) is 4.57 Å². The average Bonchev–Trinajstić information content (AvgIpc) is 3.75.